The highest BCUT2D eigenvalue weighted by atomic mass is 16.5. The summed E-state index contributed by atoms with van der Waals surface area (Å²) in [5.41, 5.74) is 4.89. The van der Waals surface area contributed by atoms with Crippen molar-refractivity contribution in [1.82, 2.24) is 10.3 Å². The van der Waals surface area contributed by atoms with Gasteiger partial charge in [0, 0.05) is 36.5 Å². The summed E-state index contributed by atoms with van der Waals surface area (Å²) in [6, 6.07) is 21.0. The molecule has 2 heterocycles. The van der Waals surface area contributed by atoms with Gasteiger partial charge in [-0.1, -0.05) is 54.6 Å². The van der Waals surface area contributed by atoms with E-state index in [0.29, 0.717) is 18.9 Å². The smallest absolute Gasteiger partial charge is 0.303 e. The van der Waals surface area contributed by atoms with Gasteiger partial charge in [-0.25, -0.2) is 4.99 Å². The van der Waals surface area contributed by atoms with Crippen LogP contribution >= 0.6 is 0 Å². The second-order valence-electron chi connectivity index (χ2n) is 8.54. The molecular weight excluding hydrogens is 454 g/mol. The third-order valence-electron chi connectivity index (χ3n) is 5.87. The van der Waals surface area contributed by atoms with Gasteiger partial charge in [0.1, 0.15) is 6.61 Å². The van der Waals surface area contributed by atoms with Gasteiger partial charge in [-0.05, 0) is 54.2 Å². The SMILES string of the molecule is O=C(O)CCCC/C=C(\c1ccc(C2=NC(C(=O)NCc3ccccc3)CO2)cc1)c1cccnc1. The lowest BCUT2D eigenvalue weighted by molar-refractivity contribution is -0.137. The van der Waals surface area contributed by atoms with E-state index in [2.05, 4.69) is 21.4 Å². The Kier molecular flexibility index (Phi) is 8.59. The molecular formula is C29H29N3O4. The molecule has 7 heteroatoms. The van der Waals surface area contributed by atoms with Crippen LogP contribution < -0.4 is 5.32 Å². The fourth-order valence-corrected chi connectivity index (χ4v) is 3.95. The van der Waals surface area contributed by atoms with E-state index in [-0.39, 0.29) is 18.9 Å². The van der Waals surface area contributed by atoms with Gasteiger partial charge >= 0.3 is 5.97 Å². The summed E-state index contributed by atoms with van der Waals surface area (Å²) in [4.78, 5) is 32.0. The van der Waals surface area contributed by atoms with Crippen LogP contribution in [-0.2, 0) is 20.9 Å². The summed E-state index contributed by atoms with van der Waals surface area (Å²) in [5.74, 6) is -0.466. The Labute approximate surface area is 210 Å². The number of carboxylic acids is 1. The molecule has 0 aliphatic carbocycles. The Bertz CT molecular complexity index is 1220. The van der Waals surface area contributed by atoms with Crippen molar-refractivity contribution in [3.63, 3.8) is 0 Å². The number of nitrogens with zero attached hydrogens (tertiary/aromatic N) is 2. The Morgan fingerprint density at radius 3 is 2.53 bits per heavy atom. The van der Waals surface area contributed by atoms with Gasteiger partial charge in [0.25, 0.3) is 0 Å². The number of aromatic nitrogens is 1. The number of allylic oxidation sites excluding steroid dienone is 1. The zero-order valence-corrected chi connectivity index (χ0v) is 20.0. The van der Waals surface area contributed by atoms with Gasteiger partial charge in [0.05, 0.1) is 0 Å². The number of hydrogen-bond acceptors (Lipinski definition) is 5. The first-order chi connectivity index (χ1) is 17.6. The predicted molar refractivity (Wildman–Crippen MR) is 138 cm³/mol. The van der Waals surface area contributed by atoms with Gasteiger partial charge < -0.3 is 15.2 Å². The minimum atomic E-state index is -0.769. The van der Waals surface area contributed by atoms with Crippen molar-refractivity contribution in [2.45, 2.75) is 38.3 Å². The lowest BCUT2D eigenvalue weighted by Gasteiger charge is -2.10. The van der Waals surface area contributed by atoms with Crippen LogP contribution in [0.25, 0.3) is 5.57 Å². The lowest BCUT2D eigenvalue weighted by atomic mass is 9.96. The van der Waals surface area contributed by atoms with Gasteiger partial charge in [-0.15, -0.1) is 0 Å². The fraction of sp³-hybridized carbons (Fsp3) is 0.241. The van der Waals surface area contributed by atoms with E-state index in [1.54, 1.807) is 6.20 Å². The number of amides is 1. The van der Waals surface area contributed by atoms with Crippen LogP contribution in [0.4, 0.5) is 0 Å². The molecule has 1 aromatic heterocycles. The number of hydrogen-bond donors (Lipinski definition) is 2. The van der Waals surface area contributed by atoms with E-state index in [0.717, 1.165) is 40.7 Å². The molecule has 184 valence electrons. The maximum atomic E-state index is 12.5. The molecule has 0 bridgehead atoms. The monoisotopic (exact) mass is 483 g/mol. The van der Waals surface area contributed by atoms with Crippen molar-refractivity contribution in [2.75, 3.05) is 6.61 Å². The van der Waals surface area contributed by atoms with Gasteiger partial charge in [-0.2, -0.15) is 0 Å². The van der Waals surface area contributed by atoms with E-state index >= 15 is 0 Å². The van der Waals surface area contributed by atoms with E-state index in [1.165, 1.54) is 0 Å². The molecule has 0 spiro atoms. The molecule has 1 aliphatic heterocycles. The summed E-state index contributed by atoms with van der Waals surface area (Å²) in [6.45, 7) is 0.671. The highest BCUT2D eigenvalue weighted by molar-refractivity contribution is 5.98. The Morgan fingerprint density at radius 2 is 1.81 bits per heavy atom. The number of carbonyl (C=O) groups excluding carboxylic acids is 1. The predicted octanol–water partition coefficient (Wildman–Crippen LogP) is 4.62. The molecule has 0 fully saturated rings. The second kappa shape index (κ2) is 12.4. The normalized spacial score (nSPS) is 15.2. The molecule has 0 saturated heterocycles. The first kappa shape index (κ1) is 24.9. The van der Waals surface area contributed by atoms with Crippen LogP contribution in [0.1, 0.15) is 47.9 Å². The minimum Gasteiger partial charge on any atom is -0.481 e. The van der Waals surface area contributed by atoms with Crippen LogP contribution in [0.15, 0.2) is 90.2 Å². The van der Waals surface area contributed by atoms with Crippen LogP contribution in [0.3, 0.4) is 0 Å². The van der Waals surface area contributed by atoms with E-state index in [9.17, 15) is 9.59 Å². The standard InChI is InChI=1S/C29H29N3O4/c33-27(34)12-6-2-5-11-25(24-10-7-17-30-19-24)22-13-15-23(16-14-22)29-32-26(20-36-29)28(35)31-18-21-8-3-1-4-9-21/h1,3-4,7-11,13-17,19,26H,2,5-6,12,18,20H2,(H,31,35)(H,33,34)/b25-11+. The highest BCUT2D eigenvalue weighted by Crippen LogP contribution is 2.25. The van der Waals surface area contributed by atoms with Gasteiger partial charge in [0.15, 0.2) is 6.04 Å². The summed E-state index contributed by atoms with van der Waals surface area (Å²) >= 11 is 0. The largest absolute Gasteiger partial charge is 0.481 e. The van der Waals surface area contributed by atoms with Crippen LogP contribution in [0.5, 0.6) is 0 Å². The number of nitrogens with one attached hydrogen (secondary N) is 1. The Hall–Kier alpha value is -4.26. The van der Waals surface area contributed by atoms with Crippen LogP contribution in [-0.4, -0.2) is 40.5 Å². The quantitative estimate of drug-likeness (QED) is 0.388. The number of ether oxygens (including phenoxy) is 1. The molecule has 2 aromatic carbocycles. The summed E-state index contributed by atoms with van der Waals surface area (Å²) in [6.07, 6.45) is 8.07. The second-order valence-corrected chi connectivity index (χ2v) is 8.54. The van der Waals surface area contributed by atoms with Crippen molar-refractivity contribution in [3.8, 4) is 0 Å². The minimum absolute atomic E-state index is 0.157. The zero-order valence-electron chi connectivity index (χ0n) is 20.0. The van der Waals surface area contributed by atoms with E-state index < -0.39 is 12.0 Å². The highest BCUT2D eigenvalue weighted by Gasteiger charge is 2.26. The number of carbonyl (C=O) groups is 2. The maximum absolute atomic E-state index is 12.5. The number of aliphatic carboxylic acids is 1. The number of aliphatic imine (C=N–C) groups is 1. The van der Waals surface area contributed by atoms with Crippen molar-refractivity contribution < 1.29 is 19.4 Å². The van der Waals surface area contributed by atoms with Crippen LogP contribution in [0.2, 0.25) is 0 Å². The maximum Gasteiger partial charge on any atom is 0.303 e. The Balaban J connectivity index is 1.42. The molecule has 0 radical (unpaired) electrons. The molecule has 3 aromatic rings. The zero-order chi connectivity index (χ0) is 25.2. The number of benzene rings is 2. The number of pyridine rings is 1. The summed E-state index contributed by atoms with van der Waals surface area (Å²) < 4.78 is 5.74. The fourth-order valence-electron chi connectivity index (χ4n) is 3.95. The first-order valence-electron chi connectivity index (χ1n) is 12.1. The van der Waals surface area contributed by atoms with Crippen LogP contribution in [0, 0.1) is 0 Å². The third kappa shape index (κ3) is 6.88. The molecule has 1 amide bonds. The van der Waals surface area contributed by atoms with Gasteiger partial charge in [0.2, 0.25) is 11.8 Å². The molecule has 7 nitrogen and oxygen atoms in total. The molecule has 4 rings (SSSR count). The number of unbranched alkanes of at least 4 members (excludes halogenated alkanes) is 2. The first-order valence-corrected chi connectivity index (χ1v) is 12.1. The van der Waals surface area contributed by atoms with E-state index in [1.807, 2.05) is 72.9 Å². The molecule has 1 unspecified atom stereocenters. The number of carboxylic acid groups (broad SMARTS) is 1. The third-order valence-corrected chi connectivity index (χ3v) is 5.87. The molecule has 0 saturated carbocycles. The van der Waals surface area contributed by atoms with E-state index in [4.69, 9.17) is 9.84 Å². The van der Waals surface area contributed by atoms with Crippen molar-refractivity contribution >= 4 is 23.3 Å². The molecule has 1 atom stereocenters. The average Bonchev–Trinajstić information content (AvgIpc) is 3.41. The lowest BCUT2D eigenvalue weighted by Crippen LogP contribution is -2.33. The van der Waals surface area contributed by atoms with Crippen molar-refractivity contribution in [1.29, 1.82) is 0 Å². The van der Waals surface area contributed by atoms with Crippen molar-refractivity contribution in [2.24, 2.45) is 4.99 Å². The van der Waals surface area contributed by atoms with Crippen molar-refractivity contribution in [3.05, 3.63) is 107 Å². The molecule has 36 heavy (non-hydrogen) atoms. The topological polar surface area (TPSA) is 101 Å². The summed E-state index contributed by atoms with van der Waals surface area (Å²) in [5, 5.41) is 11.8. The average molecular weight is 484 g/mol. The molecule has 2 N–H and O–H groups in total. The van der Waals surface area contributed by atoms with Gasteiger partial charge in [-0.3, -0.25) is 14.6 Å². The molecule has 1 aliphatic rings. The Morgan fingerprint density at radius 1 is 1.00 bits per heavy atom. The summed E-state index contributed by atoms with van der Waals surface area (Å²) in [7, 11) is 0. The number of rotatable bonds is 11.